The third kappa shape index (κ3) is 3.23. The Balaban J connectivity index is 1.96. The third-order valence-corrected chi connectivity index (χ3v) is 3.06. The van der Waals surface area contributed by atoms with Crippen molar-refractivity contribution >= 4 is 5.91 Å². The molecule has 100 valence electrons. The van der Waals surface area contributed by atoms with E-state index in [0.717, 1.165) is 17.7 Å². The van der Waals surface area contributed by atoms with Crippen LogP contribution in [0, 0.1) is 0 Å². The van der Waals surface area contributed by atoms with Gasteiger partial charge in [0.05, 0.1) is 6.61 Å². The van der Waals surface area contributed by atoms with E-state index in [1.807, 2.05) is 54.1 Å². The molecule has 0 fully saturated rings. The highest BCUT2D eigenvalue weighted by Crippen LogP contribution is 2.06. The predicted molar refractivity (Wildman–Crippen MR) is 73.6 cm³/mol. The van der Waals surface area contributed by atoms with Crippen LogP contribution in [-0.2, 0) is 19.7 Å². The number of amides is 1. The van der Waals surface area contributed by atoms with Gasteiger partial charge in [0.25, 0.3) is 5.91 Å². The number of nitrogens with zero attached hydrogens (tertiary/aromatic N) is 1. The SMILES string of the molecule is CCn1cccc1C(=O)NCc1ccc(CO)cc1. The van der Waals surface area contributed by atoms with Crippen molar-refractivity contribution in [2.75, 3.05) is 0 Å². The average molecular weight is 258 g/mol. The fraction of sp³-hybridized carbons (Fsp3) is 0.267. The molecule has 2 aromatic rings. The molecular weight excluding hydrogens is 240 g/mol. The number of hydrogen-bond acceptors (Lipinski definition) is 2. The normalized spacial score (nSPS) is 10.4. The highest BCUT2D eigenvalue weighted by atomic mass is 16.3. The molecule has 19 heavy (non-hydrogen) atoms. The molecule has 1 amide bonds. The first-order valence-electron chi connectivity index (χ1n) is 6.36. The van der Waals surface area contributed by atoms with Gasteiger partial charge in [-0.15, -0.1) is 0 Å². The minimum Gasteiger partial charge on any atom is -0.392 e. The lowest BCUT2D eigenvalue weighted by Crippen LogP contribution is -2.25. The molecular formula is C15H18N2O2. The molecule has 0 unspecified atom stereocenters. The molecule has 0 aliphatic carbocycles. The van der Waals surface area contributed by atoms with E-state index in [0.29, 0.717) is 12.2 Å². The number of benzene rings is 1. The summed E-state index contributed by atoms with van der Waals surface area (Å²) < 4.78 is 1.91. The van der Waals surface area contributed by atoms with Crippen LogP contribution >= 0.6 is 0 Å². The van der Waals surface area contributed by atoms with Gasteiger partial charge < -0.3 is 15.0 Å². The van der Waals surface area contributed by atoms with Crippen LogP contribution in [0.3, 0.4) is 0 Å². The van der Waals surface area contributed by atoms with Gasteiger partial charge in [-0.25, -0.2) is 0 Å². The van der Waals surface area contributed by atoms with Crippen LogP contribution in [0.5, 0.6) is 0 Å². The summed E-state index contributed by atoms with van der Waals surface area (Å²) in [6, 6.07) is 11.2. The zero-order valence-electron chi connectivity index (χ0n) is 11.0. The Morgan fingerprint density at radius 3 is 2.53 bits per heavy atom. The molecule has 0 saturated heterocycles. The largest absolute Gasteiger partial charge is 0.392 e. The fourth-order valence-corrected chi connectivity index (χ4v) is 1.93. The van der Waals surface area contributed by atoms with E-state index in [4.69, 9.17) is 5.11 Å². The quantitative estimate of drug-likeness (QED) is 0.861. The highest BCUT2D eigenvalue weighted by molar-refractivity contribution is 5.92. The fourth-order valence-electron chi connectivity index (χ4n) is 1.93. The van der Waals surface area contributed by atoms with E-state index in [2.05, 4.69) is 5.32 Å². The second-order valence-corrected chi connectivity index (χ2v) is 4.34. The average Bonchev–Trinajstić information content (AvgIpc) is 2.93. The van der Waals surface area contributed by atoms with Gasteiger partial charge in [-0.05, 0) is 30.2 Å². The van der Waals surface area contributed by atoms with Gasteiger partial charge in [-0.2, -0.15) is 0 Å². The maximum Gasteiger partial charge on any atom is 0.268 e. The number of nitrogens with one attached hydrogen (secondary N) is 1. The summed E-state index contributed by atoms with van der Waals surface area (Å²) in [6.45, 7) is 3.31. The summed E-state index contributed by atoms with van der Waals surface area (Å²) in [5, 5.41) is 11.8. The smallest absolute Gasteiger partial charge is 0.268 e. The monoisotopic (exact) mass is 258 g/mol. The lowest BCUT2D eigenvalue weighted by molar-refractivity contribution is 0.0941. The summed E-state index contributed by atoms with van der Waals surface area (Å²) in [4.78, 5) is 12.0. The zero-order chi connectivity index (χ0) is 13.7. The second kappa shape index (κ2) is 6.20. The van der Waals surface area contributed by atoms with Crippen LogP contribution < -0.4 is 5.32 Å². The third-order valence-electron chi connectivity index (χ3n) is 3.06. The Morgan fingerprint density at radius 2 is 1.89 bits per heavy atom. The minimum atomic E-state index is -0.0712. The highest BCUT2D eigenvalue weighted by Gasteiger charge is 2.09. The van der Waals surface area contributed by atoms with Gasteiger partial charge in [0, 0.05) is 19.3 Å². The molecule has 0 spiro atoms. The van der Waals surface area contributed by atoms with Gasteiger partial charge in [0.1, 0.15) is 5.69 Å². The van der Waals surface area contributed by atoms with Crippen LogP contribution in [0.1, 0.15) is 28.5 Å². The number of carbonyl (C=O) groups is 1. The molecule has 0 aliphatic rings. The molecule has 4 nitrogen and oxygen atoms in total. The minimum absolute atomic E-state index is 0.0383. The zero-order valence-corrected chi connectivity index (χ0v) is 11.0. The van der Waals surface area contributed by atoms with Gasteiger partial charge in [0.15, 0.2) is 0 Å². The molecule has 0 aliphatic heterocycles. The lowest BCUT2D eigenvalue weighted by atomic mass is 10.1. The number of aliphatic hydroxyl groups is 1. The standard InChI is InChI=1S/C15H18N2O2/c1-2-17-9-3-4-14(17)15(19)16-10-12-5-7-13(11-18)8-6-12/h3-9,18H,2,10-11H2,1H3,(H,16,19). The van der Waals surface area contributed by atoms with E-state index >= 15 is 0 Å². The molecule has 0 bridgehead atoms. The van der Waals surface area contributed by atoms with E-state index in [-0.39, 0.29) is 12.5 Å². The summed E-state index contributed by atoms with van der Waals surface area (Å²) in [5.41, 5.74) is 2.56. The van der Waals surface area contributed by atoms with Crippen molar-refractivity contribution in [3.63, 3.8) is 0 Å². The van der Waals surface area contributed by atoms with Gasteiger partial charge in [-0.1, -0.05) is 24.3 Å². The van der Waals surface area contributed by atoms with Crippen molar-refractivity contribution in [1.82, 2.24) is 9.88 Å². The number of carbonyl (C=O) groups excluding carboxylic acids is 1. The second-order valence-electron chi connectivity index (χ2n) is 4.34. The van der Waals surface area contributed by atoms with Crippen LogP contribution in [-0.4, -0.2) is 15.6 Å². The Kier molecular flexibility index (Phi) is 4.36. The topological polar surface area (TPSA) is 54.3 Å². The number of aromatic nitrogens is 1. The van der Waals surface area contributed by atoms with Gasteiger partial charge in [-0.3, -0.25) is 4.79 Å². The van der Waals surface area contributed by atoms with Crippen molar-refractivity contribution in [1.29, 1.82) is 0 Å². The van der Waals surface area contributed by atoms with E-state index in [9.17, 15) is 4.79 Å². The number of aliphatic hydroxyl groups excluding tert-OH is 1. The van der Waals surface area contributed by atoms with Crippen molar-refractivity contribution in [3.8, 4) is 0 Å². The van der Waals surface area contributed by atoms with Gasteiger partial charge >= 0.3 is 0 Å². The first-order chi connectivity index (χ1) is 9.24. The van der Waals surface area contributed by atoms with E-state index < -0.39 is 0 Å². The Hall–Kier alpha value is -2.07. The first kappa shape index (κ1) is 13.4. The maximum atomic E-state index is 12.0. The molecule has 1 aromatic carbocycles. The van der Waals surface area contributed by atoms with E-state index in [1.165, 1.54) is 0 Å². The summed E-state index contributed by atoms with van der Waals surface area (Å²) in [6.07, 6.45) is 1.89. The van der Waals surface area contributed by atoms with Crippen molar-refractivity contribution in [3.05, 3.63) is 59.4 Å². The van der Waals surface area contributed by atoms with Crippen molar-refractivity contribution < 1.29 is 9.90 Å². The van der Waals surface area contributed by atoms with Crippen molar-refractivity contribution in [2.24, 2.45) is 0 Å². The first-order valence-corrected chi connectivity index (χ1v) is 6.36. The Labute approximate surface area is 112 Å². The molecule has 1 aromatic heterocycles. The summed E-state index contributed by atoms with van der Waals surface area (Å²) >= 11 is 0. The molecule has 1 heterocycles. The van der Waals surface area contributed by atoms with Crippen molar-refractivity contribution in [2.45, 2.75) is 26.6 Å². The van der Waals surface area contributed by atoms with Crippen LogP contribution in [0.4, 0.5) is 0 Å². The van der Waals surface area contributed by atoms with E-state index in [1.54, 1.807) is 0 Å². The Bertz CT molecular complexity index is 544. The van der Waals surface area contributed by atoms with Gasteiger partial charge in [0.2, 0.25) is 0 Å². The van der Waals surface area contributed by atoms with Crippen LogP contribution in [0.25, 0.3) is 0 Å². The summed E-state index contributed by atoms with van der Waals surface area (Å²) in [7, 11) is 0. The number of aryl methyl sites for hydroxylation is 1. The molecule has 0 radical (unpaired) electrons. The maximum absolute atomic E-state index is 12.0. The predicted octanol–water partition coefficient (Wildman–Crippen LogP) is 1.93. The number of hydrogen-bond donors (Lipinski definition) is 2. The lowest BCUT2D eigenvalue weighted by Gasteiger charge is -2.08. The van der Waals surface area contributed by atoms with Crippen LogP contribution in [0.15, 0.2) is 42.6 Å². The molecule has 0 saturated carbocycles. The molecule has 0 atom stereocenters. The summed E-state index contributed by atoms with van der Waals surface area (Å²) in [5.74, 6) is -0.0712. The Morgan fingerprint density at radius 1 is 1.21 bits per heavy atom. The molecule has 2 N–H and O–H groups in total. The molecule has 2 rings (SSSR count). The number of rotatable bonds is 5. The molecule has 4 heteroatoms. The van der Waals surface area contributed by atoms with Crippen LogP contribution in [0.2, 0.25) is 0 Å².